The summed E-state index contributed by atoms with van der Waals surface area (Å²) < 4.78 is 5.28. The zero-order valence-electron chi connectivity index (χ0n) is 14.5. The third-order valence-corrected chi connectivity index (χ3v) is 3.76. The number of carbonyl (C=O) groups is 2. The highest BCUT2D eigenvalue weighted by atomic mass is 35.5. The van der Waals surface area contributed by atoms with E-state index in [1.807, 2.05) is 6.92 Å². The molecule has 0 saturated heterocycles. The molecule has 0 aliphatic carbocycles. The zero-order valence-corrected chi connectivity index (χ0v) is 15.3. The van der Waals surface area contributed by atoms with Crippen molar-refractivity contribution in [1.29, 1.82) is 0 Å². The first-order chi connectivity index (χ1) is 12.9. The van der Waals surface area contributed by atoms with Crippen LogP contribution in [0.1, 0.15) is 23.7 Å². The van der Waals surface area contributed by atoms with Crippen LogP contribution in [-0.2, 0) is 4.79 Å². The van der Waals surface area contributed by atoms with Gasteiger partial charge in [-0.2, -0.15) is 0 Å². The molecule has 0 atom stereocenters. The molecule has 9 heteroatoms. The first-order valence-corrected chi connectivity index (χ1v) is 8.53. The number of rotatable bonds is 8. The number of halogens is 1. The number of benzene rings is 2. The molecule has 0 saturated carbocycles. The van der Waals surface area contributed by atoms with Gasteiger partial charge in [0.1, 0.15) is 5.75 Å². The van der Waals surface area contributed by atoms with Crippen molar-refractivity contribution in [2.75, 3.05) is 18.5 Å². The van der Waals surface area contributed by atoms with Gasteiger partial charge in [-0.3, -0.25) is 19.7 Å². The summed E-state index contributed by atoms with van der Waals surface area (Å²) in [7, 11) is 0. The molecule has 2 aromatic carbocycles. The third kappa shape index (κ3) is 5.96. The Balaban J connectivity index is 1.90. The Labute approximate surface area is 160 Å². The van der Waals surface area contributed by atoms with Crippen molar-refractivity contribution < 1.29 is 19.2 Å². The molecule has 2 aromatic rings. The normalized spacial score (nSPS) is 10.1. The molecular weight excluding hydrogens is 374 g/mol. The quantitative estimate of drug-likeness (QED) is 0.529. The largest absolute Gasteiger partial charge is 0.484 e. The Hall–Kier alpha value is -3.13. The maximum atomic E-state index is 12.0. The fourth-order valence-corrected chi connectivity index (χ4v) is 2.39. The molecule has 0 bridgehead atoms. The van der Waals surface area contributed by atoms with Crippen LogP contribution in [-0.4, -0.2) is 29.9 Å². The van der Waals surface area contributed by atoms with Crippen molar-refractivity contribution in [2.24, 2.45) is 0 Å². The first-order valence-electron chi connectivity index (χ1n) is 8.15. The highest BCUT2D eigenvalue weighted by Crippen LogP contribution is 2.21. The van der Waals surface area contributed by atoms with E-state index in [-0.39, 0.29) is 23.2 Å². The monoisotopic (exact) mass is 391 g/mol. The lowest BCUT2D eigenvalue weighted by atomic mass is 10.2. The molecule has 0 unspecified atom stereocenters. The molecule has 0 radical (unpaired) electrons. The molecule has 0 aliphatic rings. The van der Waals surface area contributed by atoms with E-state index >= 15 is 0 Å². The second kappa shape index (κ2) is 9.54. The third-order valence-electron chi connectivity index (χ3n) is 3.45. The molecule has 0 fully saturated rings. The highest BCUT2D eigenvalue weighted by Gasteiger charge is 2.12. The lowest BCUT2D eigenvalue weighted by Crippen LogP contribution is -2.24. The number of amides is 2. The minimum absolute atomic E-state index is 0.0653. The number of anilines is 1. The van der Waals surface area contributed by atoms with Gasteiger partial charge < -0.3 is 15.4 Å². The average Bonchev–Trinajstić information content (AvgIpc) is 2.65. The van der Waals surface area contributed by atoms with Crippen LogP contribution in [0.4, 0.5) is 11.4 Å². The maximum Gasteiger partial charge on any atom is 0.269 e. The van der Waals surface area contributed by atoms with Gasteiger partial charge in [0.2, 0.25) is 0 Å². The summed E-state index contributed by atoms with van der Waals surface area (Å²) in [4.78, 5) is 34.0. The van der Waals surface area contributed by atoms with Crippen LogP contribution in [0.3, 0.4) is 0 Å². The standard InChI is InChI=1S/C18H18ClN3O5/c1-2-9-20-18(24)15-8-3-12(10-16(15)19)21-17(23)11-27-14-6-4-13(5-7-14)22(25)26/h3-8,10H,2,9,11H2,1H3,(H,20,24)(H,21,23). The minimum atomic E-state index is -0.521. The highest BCUT2D eigenvalue weighted by molar-refractivity contribution is 6.34. The van der Waals surface area contributed by atoms with Crippen molar-refractivity contribution in [3.63, 3.8) is 0 Å². The van der Waals surface area contributed by atoms with Crippen molar-refractivity contribution >= 4 is 34.8 Å². The van der Waals surface area contributed by atoms with Gasteiger partial charge in [-0.15, -0.1) is 0 Å². The maximum absolute atomic E-state index is 12.0. The second-order valence-corrected chi connectivity index (χ2v) is 5.95. The number of ether oxygens (including phenoxy) is 1. The Kier molecular flexibility index (Phi) is 7.13. The number of nitrogens with zero attached hydrogens (tertiary/aromatic N) is 1. The topological polar surface area (TPSA) is 111 Å². The van der Waals surface area contributed by atoms with Crippen LogP contribution in [0.2, 0.25) is 5.02 Å². The molecule has 0 aliphatic heterocycles. The molecule has 142 valence electrons. The average molecular weight is 392 g/mol. The van der Waals surface area contributed by atoms with Crippen LogP contribution in [0.25, 0.3) is 0 Å². The van der Waals surface area contributed by atoms with Crippen molar-refractivity contribution in [1.82, 2.24) is 5.32 Å². The molecule has 8 nitrogen and oxygen atoms in total. The Morgan fingerprint density at radius 2 is 1.89 bits per heavy atom. The Morgan fingerprint density at radius 3 is 2.48 bits per heavy atom. The fraction of sp³-hybridized carbons (Fsp3) is 0.222. The summed E-state index contributed by atoms with van der Waals surface area (Å²) in [6.45, 7) is 2.21. The summed E-state index contributed by atoms with van der Waals surface area (Å²) in [5.74, 6) is -0.384. The van der Waals surface area contributed by atoms with E-state index in [1.54, 1.807) is 6.07 Å². The second-order valence-electron chi connectivity index (χ2n) is 5.54. The van der Waals surface area contributed by atoms with E-state index in [0.717, 1.165) is 6.42 Å². The van der Waals surface area contributed by atoms with Crippen LogP contribution < -0.4 is 15.4 Å². The molecule has 0 aromatic heterocycles. The van der Waals surface area contributed by atoms with Crippen LogP contribution >= 0.6 is 11.6 Å². The summed E-state index contributed by atoms with van der Waals surface area (Å²) in [6, 6.07) is 9.96. The molecule has 0 spiro atoms. The van der Waals surface area contributed by atoms with Crippen molar-refractivity contribution in [3.8, 4) is 5.75 Å². The van der Waals surface area contributed by atoms with Crippen molar-refractivity contribution in [3.05, 3.63) is 63.2 Å². The Morgan fingerprint density at radius 1 is 1.19 bits per heavy atom. The van der Waals surface area contributed by atoms with Gasteiger partial charge in [-0.25, -0.2) is 0 Å². The van der Waals surface area contributed by atoms with Crippen molar-refractivity contribution in [2.45, 2.75) is 13.3 Å². The van der Waals surface area contributed by atoms with Gasteiger partial charge in [0, 0.05) is 24.4 Å². The SMILES string of the molecule is CCCNC(=O)c1ccc(NC(=O)COc2ccc([N+](=O)[O-])cc2)cc1Cl. The van der Waals surface area contributed by atoms with Crippen LogP contribution in [0, 0.1) is 10.1 Å². The van der Waals surface area contributed by atoms with E-state index in [2.05, 4.69) is 10.6 Å². The molecule has 2 rings (SSSR count). The zero-order chi connectivity index (χ0) is 19.8. The van der Waals surface area contributed by atoms with Gasteiger partial charge in [-0.05, 0) is 36.8 Å². The predicted molar refractivity (Wildman–Crippen MR) is 101 cm³/mol. The van der Waals surface area contributed by atoms with Gasteiger partial charge in [0.05, 0.1) is 15.5 Å². The minimum Gasteiger partial charge on any atom is -0.484 e. The number of hydrogen-bond acceptors (Lipinski definition) is 5. The molecule has 2 N–H and O–H groups in total. The predicted octanol–water partition coefficient (Wildman–Crippen LogP) is 3.41. The van der Waals surface area contributed by atoms with Crippen LogP contribution in [0.15, 0.2) is 42.5 Å². The number of hydrogen-bond donors (Lipinski definition) is 2. The number of nitro benzene ring substituents is 1. The lowest BCUT2D eigenvalue weighted by Gasteiger charge is -2.10. The number of nitrogens with one attached hydrogen (secondary N) is 2. The lowest BCUT2D eigenvalue weighted by molar-refractivity contribution is -0.384. The fourth-order valence-electron chi connectivity index (χ4n) is 2.12. The number of carbonyl (C=O) groups excluding carboxylic acids is 2. The van der Waals surface area contributed by atoms with Gasteiger partial charge in [0.15, 0.2) is 6.61 Å². The molecular formula is C18H18ClN3O5. The van der Waals surface area contributed by atoms with E-state index in [4.69, 9.17) is 16.3 Å². The van der Waals surface area contributed by atoms with E-state index in [9.17, 15) is 19.7 Å². The summed E-state index contributed by atoms with van der Waals surface area (Å²) in [5.41, 5.74) is 0.680. The van der Waals surface area contributed by atoms with E-state index in [1.165, 1.54) is 36.4 Å². The van der Waals surface area contributed by atoms with Crippen LogP contribution in [0.5, 0.6) is 5.75 Å². The Bertz CT molecular complexity index is 839. The number of non-ortho nitro benzene ring substituents is 1. The van der Waals surface area contributed by atoms with E-state index in [0.29, 0.717) is 23.5 Å². The smallest absolute Gasteiger partial charge is 0.269 e. The molecule has 27 heavy (non-hydrogen) atoms. The number of nitro groups is 1. The summed E-state index contributed by atoms with van der Waals surface area (Å²) in [5, 5.41) is 16.1. The van der Waals surface area contributed by atoms with E-state index < -0.39 is 10.8 Å². The molecule has 0 heterocycles. The van der Waals surface area contributed by atoms with Gasteiger partial charge >= 0.3 is 0 Å². The molecule has 2 amide bonds. The van der Waals surface area contributed by atoms with Gasteiger partial charge in [0.25, 0.3) is 17.5 Å². The first kappa shape index (κ1) is 20.2. The summed E-state index contributed by atoms with van der Waals surface area (Å²) in [6.07, 6.45) is 0.812. The summed E-state index contributed by atoms with van der Waals surface area (Å²) >= 11 is 6.10. The van der Waals surface area contributed by atoms with Gasteiger partial charge in [-0.1, -0.05) is 18.5 Å².